The Morgan fingerprint density at radius 2 is 1.75 bits per heavy atom. The number of unbranched alkanes of at least 4 members (excludes halogenated alkanes) is 1. The lowest BCUT2D eigenvalue weighted by Gasteiger charge is -2.36. The third-order valence-corrected chi connectivity index (χ3v) is 7.01. The molecule has 0 bridgehead atoms. The van der Waals surface area contributed by atoms with Crippen molar-refractivity contribution in [2.45, 2.75) is 63.9 Å². The predicted octanol–water partition coefficient (Wildman–Crippen LogP) is 3.12. The van der Waals surface area contributed by atoms with Crippen molar-refractivity contribution in [3.05, 3.63) is 35.9 Å². The van der Waals surface area contributed by atoms with Gasteiger partial charge in [0.1, 0.15) is 6.10 Å². The summed E-state index contributed by atoms with van der Waals surface area (Å²) in [7, 11) is 0. The number of nitrogens with zero attached hydrogens (tertiary/aromatic N) is 2. The van der Waals surface area contributed by atoms with Crippen LogP contribution in [0.4, 0.5) is 0 Å². The molecule has 1 N–H and O–H groups in total. The Bertz CT molecular complexity index is 740. The van der Waals surface area contributed by atoms with Crippen molar-refractivity contribution in [2.75, 3.05) is 32.7 Å². The largest absolute Gasteiger partial charge is 0.483 e. The first kappa shape index (κ1) is 24.2. The Morgan fingerprint density at radius 3 is 2.41 bits per heavy atom. The highest BCUT2D eigenvalue weighted by molar-refractivity contribution is 5.80. The summed E-state index contributed by atoms with van der Waals surface area (Å²) in [6, 6.07) is 10.4. The normalized spacial score (nSPS) is 22.3. The molecule has 32 heavy (non-hydrogen) atoms. The van der Waals surface area contributed by atoms with Crippen LogP contribution in [-0.4, -0.2) is 72.1 Å². The van der Waals surface area contributed by atoms with Crippen molar-refractivity contribution < 1.29 is 24.2 Å². The highest BCUT2D eigenvalue weighted by atomic mass is 16.6. The number of benzene rings is 1. The first-order valence-corrected chi connectivity index (χ1v) is 11.9. The molecular weight excluding hydrogens is 408 g/mol. The fourth-order valence-corrected chi connectivity index (χ4v) is 5.19. The zero-order valence-electron chi connectivity index (χ0n) is 18.9. The number of carbonyl (C=O) groups excluding carboxylic acids is 2. The molecule has 0 aliphatic carbocycles. The zero-order chi connectivity index (χ0) is 22.8. The molecule has 3 saturated heterocycles. The maximum Gasteiger partial charge on any atom is 0.312 e. The molecule has 1 spiro atoms. The van der Waals surface area contributed by atoms with Gasteiger partial charge in [0.2, 0.25) is 5.91 Å². The molecule has 0 saturated carbocycles. The van der Waals surface area contributed by atoms with E-state index in [1.165, 1.54) is 18.4 Å². The molecule has 3 aliphatic rings. The van der Waals surface area contributed by atoms with Crippen LogP contribution < -0.4 is 0 Å². The highest BCUT2D eigenvalue weighted by Gasteiger charge is 2.51. The molecule has 1 unspecified atom stereocenters. The van der Waals surface area contributed by atoms with E-state index in [1.807, 2.05) is 11.0 Å². The molecule has 3 aliphatic heterocycles. The zero-order valence-corrected chi connectivity index (χ0v) is 18.9. The van der Waals surface area contributed by atoms with Gasteiger partial charge in [0, 0.05) is 32.5 Å². The van der Waals surface area contributed by atoms with Crippen molar-refractivity contribution in [1.29, 1.82) is 0 Å². The number of esters is 1. The van der Waals surface area contributed by atoms with Gasteiger partial charge in [-0.2, -0.15) is 0 Å². The van der Waals surface area contributed by atoms with E-state index in [2.05, 4.69) is 29.2 Å². The minimum absolute atomic E-state index is 0.0170. The third kappa shape index (κ3) is 6.55. The van der Waals surface area contributed by atoms with Gasteiger partial charge in [-0.3, -0.25) is 19.3 Å². The summed E-state index contributed by atoms with van der Waals surface area (Å²) in [6.07, 6.45) is 8.53. The molecule has 1 aromatic rings. The van der Waals surface area contributed by atoms with Gasteiger partial charge in [0.25, 0.3) is 6.47 Å². The minimum atomic E-state index is -0.339. The number of amides is 1. The Kier molecular flexibility index (Phi) is 9.09. The van der Waals surface area contributed by atoms with Crippen LogP contribution in [0.15, 0.2) is 30.3 Å². The van der Waals surface area contributed by atoms with E-state index >= 15 is 0 Å². The second kappa shape index (κ2) is 12.0. The molecule has 3 fully saturated rings. The van der Waals surface area contributed by atoms with Gasteiger partial charge in [-0.05, 0) is 63.6 Å². The van der Waals surface area contributed by atoms with E-state index < -0.39 is 0 Å². The van der Waals surface area contributed by atoms with Gasteiger partial charge in [0.15, 0.2) is 0 Å². The Labute approximate surface area is 190 Å². The second-order valence-corrected chi connectivity index (χ2v) is 9.20. The quantitative estimate of drug-likeness (QED) is 0.395. The lowest BCUT2D eigenvalue weighted by atomic mass is 9.76. The van der Waals surface area contributed by atoms with Crippen LogP contribution in [0, 0.1) is 5.41 Å². The number of ether oxygens (including phenoxy) is 1. The molecule has 3 heterocycles. The van der Waals surface area contributed by atoms with Crippen molar-refractivity contribution >= 4 is 18.3 Å². The lowest BCUT2D eigenvalue weighted by molar-refractivity contribution is -0.152. The van der Waals surface area contributed by atoms with Crippen LogP contribution in [0.1, 0.15) is 56.9 Å². The van der Waals surface area contributed by atoms with E-state index in [0.29, 0.717) is 19.5 Å². The number of carbonyl (C=O) groups is 3. The fraction of sp³-hybridized carbons (Fsp3) is 0.640. The average molecular weight is 445 g/mol. The van der Waals surface area contributed by atoms with E-state index in [-0.39, 0.29) is 29.9 Å². The monoisotopic (exact) mass is 444 g/mol. The van der Waals surface area contributed by atoms with Crippen molar-refractivity contribution in [3.63, 3.8) is 0 Å². The van der Waals surface area contributed by atoms with Gasteiger partial charge in [-0.25, -0.2) is 0 Å². The summed E-state index contributed by atoms with van der Waals surface area (Å²) in [5.74, 6) is 0.226. The number of carboxylic acid groups (broad SMARTS) is 1. The number of aryl methyl sites for hydroxylation is 1. The van der Waals surface area contributed by atoms with Gasteiger partial charge < -0.3 is 14.7 Å². The topological polar surface area (TPSA) is 87.2 Å². The summed E-state index contributed by atoms with van der Waals surface area (Å²) >= 11 is 0. The highest BCUT2D eigenvalue weighted by Crippen LogP contribution is 2.43. The van der Waals surface area contributed by atoms with E-state index in [9.17, 15) is 9.59 Å². The third-order valence-electron chi connectivity index (χ3n) is 7.01. The summed E-state index contributed by atoms with van der Waals surface area (Å²) in [4.78, 5) is 38.0. The molecule has 7 nitrogen and oxygen atoms in total. The molecule has 1 aromatic carbocycles. The van der Waals surface area contributed by atoms with E-state index in [0.717, 1.165) is 58.2 Å². The van der Waals surface area contributed by atoms with E-state index in [4.69, 9.17) is 14.6 Å². The van der Waals surface area contributed by atoms with Gasteiger partial charge in [-0.1, -0.05) is 30.3 Å². The number of cyclic esters (lactones) is 1. The lowest BCUT2D eigenvalue weighted by Crippen LogP contribution is -2.45. The Morgan fingerprint density at radius 1 is 1.09 bits per heavy atom. The Hall–Kier alpha value is -2.41. The maximum atomic E-state index is 12.6. The summed E-state index contributed by atoms with van der Waals surface area (Å²) in [6.45, 7) is 4.30. The number of hydrogen-bond donors (Lipinski definition) is 1. The molecule has 4 rings (SSSR count). The Balaban J connectivity index is 0.000000913. The molecule has 0 aromatic heterocycles. The number of rotatable bonds is 7. The summed E-state index contributed by atoms with van der Waals surface area (Å²) < 4.78 is 5.75. The van der Waals surface area contributed by atoms with E-state index in [1.54, 1.807) is 0 Å². The van der Waals surface area contributed by atoms with Gasteiger partial charge >= 0.3 is 5.97 Å². The summed E-state index contributed by atoms with van der Waals surface area (Å²) in [5, 5.41) is 6.89. The number of piperidine rings is 1. The average Bonchev–Trinajstić information content (AvgIpc) is 3.41. The first-order chi connectivity index (χ1) is 15.6. The smallest absolute Gasteiger partial charge is 0.312 e. The minimum Gasteiger partial charge on any atom is -0.483 e. The van der Waals surface area contributed by atoms with Crippen LogP contribution in [0.3, 0.4) is 0 Å². The van der Waals surface area contributed by atoms with Gasteiger partial charge in [0.05, 0.1) is 5.41 Å². The van der Waals surface area contributed by atoms with Crippen molar-refractivity contribution in [1.82, 2.24) is 9.80 Å². The predicted molar refractivity (Wildman–Crippen MR) is 121 cm³/mol. The van der Waals surface area contributed by atoms with Gasteiger partial charge in [-0.15, -0.1) is 0 Å². The van der Waals surface area contributed by atoms with Crippen LogP contribution in [0.25, 0.3) is 0 Å². The molecule has 1 amide bonds. The molecule has 176 valence electrons. The van der Waals surface area contributed by atoms with Crippen LogP contribution >= 0.6 is 0 Å². The van der Waals surface area contributed by atoms with Crippen LogP contribution in [0.5, 0.6) is 0 Å². The molecule has 0 radical (unpaired) electrons. The van der Waals surface area contributed by atoms with Crippen molar-refractivity contribution in [2.24, 2.45) is 5.41 Å². The SMILES string of the molecule is O=C(CCCCc1ccccc1)N1CCC2(CC1)CC(CN1CCCC1)OC2=O.O=CO. The summed E-state index contributed by atoms with van der Waals surface area (Å²) in [5.41, 5.74) is 0.997. The first-order valence-electron chi connectivity index (χ1n) is 11.9. The number of hydrogen-bond acceptors (Lipinski definition) is 5. The number of likely N-dealkylation sites (tertiary alicyclic amines) is 2. The fourth-order valence-electron chi connectivity index (χ4n) is 5.19. The molecule has 1 atom stereocenters. The van der Waals surface area contributed by atoms with Crippen LogP contribution in [-0.2, 0) is 25.5 Å². The van der Waals surface area contributed by atoms with Crippen molar-refractivity contribution in [3.8, 4) is 0 Å². The molecular formula is C25H36N2O5. The second-order valence-electron chi connectivity index (χ2n) is 9.20. The van der Waals surface area contributed by atoms with Crippen LogP contribution in [0.2, 0.25) is 0 Å². The standard InChI is InChI=1S/C24H34N2O3.CH2O2/c27-22(11-5-4-10-20-8-2-1-3-9-20)26-16-12-24(13-17-26)18-21(29-23(24)28)19-25-14-6-7-15-25;2-1-3/h1-3,8-9,21H,4-7,10-19H2;1H,(H,2,3). The molecule has 7 heteroatoms. The maximum absolute atomic E-state index is 12.6.